The molecular weight excluding hydrogens is 236 g/mol. The molecule has 2 atom stereocenters. The highest BCUT2D eigenvalue weighted by Crippen LogP contribution is 2.36. The minimum atomic E-state index is 0.318. The molecule has 1 fully saturated rings. The first-order valence-electron chi connectivity index (χ1n) is 5.59. The molecule has 2 aromatic rings. The normalized spacial score (nSPS) is 25.1. The Kier molecular flexibility index (Phi) is 2.79. The van der Waals surface area contributed by atoms with Crippen LogP contribution in [0.2, 0.25) is 0 Å². The Balaban J connectivity index is 1.88. The Morgan fingerprint density at radius 3 is 2.94 bits per heavy atom. The molecule has 2 aromatic heterocycles. The van der Waals surface area contributed by atoms with E-state index in [0.29, 0.717) is 12.0 Å². The van der Waals surface area contributed by atoms with Crippen molar-refractivity contribution in [3.05, 3.63) is 28.6 Å². The fourth-order valence-electron chi connectivity index (χ4n) is 2.33. The zero-order chi connectivity index (χ0) is 11.0. The van der Waals surface area contributed by atoms with E-state index in [2.05, 4.69) is 22.9 Å². The van der Waals surface area contributed by atoms with Gasteiger partial charge in [-0.2, -0.15) is 0 Å². The van der Waals surface area contributed by atoms with Crippen LogP contribution in [0.3, 0.4) is 0 Å². The second-order valence-electron chi connectivity index (χ2n) is 4.26. The second-order valence-corrected chi connectivity index (χ2v) is 6.06. The van der Waals surface area contributed by atoms with Crippen LogP contribution in [0.5, 0.6) is 0 Å². The van der Waals surface area contributed by atoms with E-state index in [1.165, 1.54) is 23.4 Å². The van der Waals surface area contributed by atoms with Crippen LogP contribution in [0.25, 0.3) is 9.88 Å². The van der Waals surface area contributed by atoms with E-state index in [4.69, 9.17) is 10.7 Å². The Hall–Kier alpha value is -0.710. The van der Waals surface area contributed by atoms with Crippen molar-refractivity contribution in [2.24, 2.45) is 5.73 Å². The van der Waals surface area contributed by atoms with Crippen molar-refractivity contribution in [3.63, 3.8) is 0 Å². The molecular formula is C12H14N2S2. The van der Waals surface area contributed by atoms with Crippen LogP contribution in [0, 0.1) is 0 Å². The molecule has 16 heavy (non-hydrogen) atoms. The van der Waals surface area contributed by atoms with Crippen molar-refractivity contribution >= 4 is 22.7 Å². The third kappa shape index (κ3) is 1.81. The van der Waals surface area contributed by atoms with Crippen LogP contribution in [0.1, 0.15) is 30.9 Å². The van der Waals surface area contributed by atoms with Crippen LogP contribution in [-0.4, -0.2) is 11.0 Å². The summed E-state index contributed by atoms with van der Waals surface area (Å²) in [5.41, 5.74) is 7.31. The van der Waals surface area contributed by atoms with Crippen molar-refractivity contribution < 1.29 is 0 Å². The standard InChI is InChI=1S/C12H14N2S2/c13-9-4-1-3-8(9)10-7-16-12(14-10)11-5-2-6-15-11/h2,5-9H,1,3-4,13H2. The van der Waals surface area contributed by atoms with Gasteiger partial charge in [0, 0.05) is 17.3 Å². The van der Waals surface area contributed by atoms with E-state index in [-0.39, 0.29) is 0 Å². The SMILES string of the molecule is NC1CCCC1c1csc(-c2cccs2)n1. The summed E-state index contributed by atoms with van der Waals surface area (Å²) in [5.74, 6) is 0.491. The highest BCUT2D eigenvalue weighted by atomic mass is 32.1. The van der Waals surface area contributed by atoms with Crippen molar-refractivity contribution in [1.29, 1.82) is 0 Å². The van der Waals surface area contributed by atoms with Crippen molar-refractivity contribution in [3.8, 4) is 9.88 Å². The minimum absolute atomic E-state index is 0.318. The van der Waals surface area contributed by atoms with Gasteiger partial charge >= 0.3 is 0 Å². The smallest absolute Gasteiger partial charge is 0.133 e. The van der Waals surface area contributed by atoms with E-state index >= 15 is 0 Å². The molecule has 2 heterocycles. The lowest BCUT2D eigenvalue weighted by atomic mass is 10.0. The van der Waals surface area contributed by atoms with Gasteiger partial charge in [0.1, 0.15) is 5.01 Å². The average molecular weight is 250 g/mol. The number of aromatic nitrogens is 1. The average Bonchev–Trinajstić information content (AvgIpc) is 2.96. The Morgan fingerprint density at radius 1 is 1.31 bits per heavy atom. The molecule has 1 aliphatic carbocycles. The Bertz CT molecular complexity index is 461. The molecule has 0 spiro atoms. The Morgan fingerprint density at radius 2 is 2.25 bits per heavy atom. The molecule has 2 nitrogen and oxygen atoms in total. The van der Waals surface area contributed by atoms with Gasteiger partial charge in [0.2, 0.25) is 0 Å². The fraction of sp³-hybridized carbons (Fsp3) is 0.417. The maximum Gasteiger partial charge on any atom is 0.133 e. The minimum Gasteiger partial charge on any atom is -0.327 e. The summed E-state index contributed by atoms with van der Waals surface area (Å²) in [6.45, 7) is 0. The van der Waals surface area contributed by atoms with E-state index in [9.17, 15) is 0 Å². The van der Waals surface area contributed by atoms with Crippen LogP contribution in [0.4, 0.5) is 0 Å². The van der Waals surface area contributed by atoms with Gasteiger partial charge in [-0.1, -0.05) is 12.5 Å². The van der Waals surface area contributed by atoms with E-state index < -0.39 is 0 Å². The summed E-state index contributed by atoms with van der Waals surface area (Å²) in [4.78, 5) is 6.00. The van der Waals surface area contributed by atoms with Crippen molar-refractivity contribution in [2.45, 2.75) is 31.2 Å². The van der Waals surface area contributed by atoms with Gasteiger partial charge < -0.3 is 5.73 Å². The third-order valence-electron chi connectivity index (χ3n) is 3.20. The zero-order valence-electron chi connectivity index (χ0n) is 8.93. The molecule has 0 radical (unpaired) electrons. The summed E-state index contributed by atoms with van der Waals surface area (Å²) in [5, 5.41) is 5.42. The molecule has 0 aliphatic heterocycles. The van der Waals surface area contributed by atoms with Gasteiger partial charge in [0.25, 0.3) is 0 Å². The zero-order valence-corrected chi connectivity index (χ0v) is 10.6. The molecule has 0 bridgehead atoms. The van der Waals surface area contributed by atoms with Gasteiger partial charge in [0.15, 0.2) is 0 Å². The first-order chi connectivity index (χ1) is 7.84. The lowest BCUT2D eigenvalue weighted by Crippen LogP contribution is -2.22. The van der Waals surface area contributed by atoms with Gasteiger partial charge in [-0.25, -0.2) is 4.98 Å². The number of hydrogen-bond donors (Lipinski definition) is 1. The quantitative estimate of drug-likeness (QED) is 0.886. The van der Waals surface area contributed by atoms with Crippen LogP contribution in [0.15, 0.2) is 22.9 Å². The second kappa shape index (κ2) is 4.28. The van der Waals surface area contributed by atoms with Crippen LogP contribution in [-0.2, 0) is 0 Å². The number of thiazole rings is 1. The number of nitrogens with two attached hydrogens (primary N) is 1. The summed E-state index contributed by atoms with van der Waals surface area (Å²) >= 11 is 3.49. The van der Waals surface area contributed by atoms with Gasteiger partial charge in [-0.05, 0) is 24.3 Å². The lowest BCUT2D eigenvalue weighted by Gasteiger charge is -2.11. The lowest BCUT2D eigenvalue weighted by molar-refractivity contribution is 0.602. The fourth-order valence-corrected chi connectivity index (χ4v) is 4.02. The summed E-state index contributed by atoms with van der Waals surface area (Å²) in [6.07, 6.45) is 3.60. The maximum absolute atomic E-state index is 6.11. The highest BCUT2D eigenvalue weighted by Gasteiger charge is 2.27. The number of nitrogens with zero attached hydrogens (tertiary/aromatic N) is 1. The van der Waals surface area contributed by atoms with Crippen molar-refractivity contribution in [2.75, 3.05) is 0 Å². The van der Waals surface area contributed by atoms with Crippen molar-refractivity contribution in [1.82, 2.24) is 4.98 Å². The van der Waals surface area contributed by atoms with E-state index in [1.807, 2.05) is 0 Å². The molecule has 3 rings (SSSR count). The topological polar surface area (TPSA) is 38.9 Å². The predicted molar refractivity (Wildman–Crippen MR) is 70.0 cm³/mol. The number of rotatable bonds is 2. The third-order valence-corrected chi connectivity index (χ3v) is 5.10. The first kappa shape index (κ1) is 10.4. The van der Waals surface area contributed by atoms with Gasteiger partial charge in [0.05, 0.1) is 10.6 Å². The predicted octanol–water partition coefficient (Wildman–Crippen LogP) is 3.47. The number of thiophene rings is 1. The first-order valence-corrected chi connectivity index (χ1v) is 7.35. The monoisotopic (exact) mass is 250 g/mol. The molecule has 2 unspecified atom stereocenters. The van der Waals surface area contributed by atoms with Gasteiger partial charge in [-0.15, -0.1) is 22.7 Å². The van der Waals surface area contributed by atoms with Crippen LogP contribution < -0.4 is 5.73 Å². The molecule has 0 saturated heterocycles. The summed E-state index contributed by atoms with van der Waals surface area (Å²) < 4.78 is 0. The summed E-state index contributed by atoms with van der Waals surface area (Å²) in [6, 6.07) is 4.52. The van der Waals surface area contributed by atoms with Crippen LogP contribution >= 0.6 is 22.7 Å². The highest BCUT2D eigenvalue weighted by molar-refractivity contribution is 7.20. The Labute approximate surface area is 103 Å². The maximum atomic E-state index is 6.11. The molecule has 1 aliphatic rings. The summed E-state index contributed by atoms with van der Waals surface area (Å²) in [7, 11) is 0. The molecule has 0 aromatic carbocycles. The molecule has 4 heteroatoms. The van der Waals surface area contributed by atoms with E-state index in [1.54, 1.807) is 22.7 Å². The van der Waals surface area contributed by atoms with Gasteiger partial charge in [-0.3, -0.25) is 0 Å². The molecule has 1 saturated carbocycles. The molecule has 0 amide bonds. The van der Waals surface area contributed by atoms with E-state index in [0.717, 1.165) is 11.4 Å². The number of hydrogen-bond acceptors (Lipinski definition) is 4. The largest absolute Gasteiger partial charge is 0.327 e. The molecule has 2 N–H and O–H groups in total. The molecule has 84 valence electrons.